The molecule has 6 aliphatic rings. The number of phenolic OH excluding ortho intramolecular Hbond substituents is 1. The number of phenols is 1. The van der Waals surface area contributed by atoms with Gasteiger partial charge in [-0.15, -0.1) is 0 Å². The summed E-state index contributed by atoms with van der Waals surface area (Å²) in [5.41, 5.74) is 3.13. The van der Waals surface area contributed by atoms with Crippen molar-refractivity contribution in [3.63, 3.8) is 0 Å². The van der Waals surface area contributed by atoms with E-state index in [0.29, 0.717) is 23.6 Å². The van der Waals surface area contributed by atoms with Gasteiger partial charge in [0.15, 0.2) is 0 Å². The fraction of sp³-hybridized carbons (Fsp3) is 0.611. The predicted octanol–water partition coefficient (Wildman–Crippen LogP) is 5.60. The third-order valence-electron chi connectivity index (χ3n) is 12.3. The van der Waals surface area contributed by atoms with Crippen molar-refractivity contribution in [3.8, 4) is 5.75 Å². The van der Waals surface area contributed by atoms with Gasteiger partial charge in [-0.05, 0) is 125 Å². The maximum absolute atomic E-state index is 13.8. The van der Waals surface area contributed by atoms with Gasteiger partial charge in [0.1, 0.15) is 11.4 Å². The fourth-order valence-corrected chi connectivity index (χ4v) is 11.1. The molecule has 3 aliphatic carbocycles. The summed E-state index contributed by atoms with van der Waals surface area (Å²) in [4.78, 5) is 34.0. The highest BCUT2D eigenvalue weighted by Gasteiger charge is 2.76. The number of hydrogen-bond acceptors (Lipinski definition) is 5. The predicted molar refractivity (Wildman–Crippen MR) is 164 cm³/mol. The van der Waals surface area contributed by atoms with Gasteiger partial charge in [0.2, 0.25) is 0 Å². The Bertz CT molecular complexity index is 1450. The summed E-state index contributed by atoms with van der Waals surface area (Å²) in [6.07, 6.45) is 7.21. The smallest absolute Gasteiger partial charge is 0.410 e. The Hall–Kier alpha value is -3.06. The van der Waals surface area contributed by atoms with Gasteiger partial charge < -0.3 is 19.6 Å². The van der Waals surface area contributed by atoms with Gasteiger partial charge in [-0.1, -0.05) is 24.3 Å². The van der Waals surface area contributed by atoms with E-state index >= 15 is 0 Å². The standard InChI is InChI=1S/C36H45N3O4/c1-34(2,3)43-33(42)38-16-7-10-26(38)22-37-17-15-36-28-19-27(40)12-11-24(28)18-30(37)35(36)14-13-29-31(36)25(20-35)21-39(29)32(41)23-8-5-4-6-9-23/h4-6,8-9,11-12,19,25-26,29-31,40H,7,10,13-18,20-22H2,1-3H3/t25-,26+,29-,30-,31-,35-,36+/m1/s1. The van der Waals surface area contributed by atoms with E-state index in [1.807, 2.05) is 62.1 Å². The molecule has 3 saturated heterocycles. The van der Waals surface area contributed by atoms with Gasteiger partial charge in [0, 0.05) is 48.7 Å². The number of aromatic hydroxyl groups is 1. The highest BCUT2D eigenvalue weighted by molar-refractivity contribution is 5.94. The number of likely N-dealkylation sites (tertiary alicyclic amines) is 3. The van der Waals surface area contributed by atoms with Crippen molar-refractivity contribution in [3.05, 3.63) is 65.2 Å². The third-order valence-corrected chi connectivity index (χ3v) is 12.3. The van der Waals surface area contributed by atoms with Gasteiger partial charge in [-0.3, -0.25) is 9.69 Å². The molecule has 7 nitrogen and oxygen atoms in total. The van der Waals surface area contributed by atoms with Gasteiger partial charge >= 0.3 is 6.09 Å². The van der Waals surface area contributed by atoms with Gasteiger partial charge in [0.25, 0.3) is 5.91 Å². The Balaban J connectivity index is 1.14. The highest BCUT2D eigenvalue weighted by Crippen LogP contribution is 2.75. The van der Waals surface area contributed by atoms with Crippen molar-refractivity contribution in [2.24, 2.45) is 17.3 Å². The normalized spacial score (nSPS) is 35.9. The lowest BCUT2D eigenvalue weighted by Crippen LogP contribution is -2.70. The van der Waals surface area contributed by atoms with Crippen LogP contribution in [0.4, 0.5) is 4.79 Å². The minimum atomic E-state index is -0.497. The number of fused-ring (bicyclic) bond motifs is 1. The molecule has 3 heterocycles. The number of benzene rings is 2. The van der Waals surface area contributed by atoms with Crippen LogP contribution in [-0.2, 0) is 16.6 Å². The van der Waals surface area contributed by atoms with E-state index < -0.39 is 5.60 Å². The zero-order valence-corrected chi connectivity index (χ0v) is 25.8. The minimum Gasteiger partial charge on any atom is -0.508 e. The van der Waals surface area contributed by atoms with E-state index in [-0.39, 0.29) is 34.9 Å². The molecular formula is C36H45N3O4. The van der Waals surface area contributed by atoms with E-state index in [1.165, 1.54) is 11.1 Å². The number of hydrogen-bond donors (Lipinski definition) is 1. The topological polar surface area (TPSA) is 73.3 Å². The minimum absolute atomic E-state index is 0.0275. The molecule has 0 spiro atoms. The maximum Gasteiger partial charge on any atom is 0.410 e. The zero-order valence-electron chi connectivity index (χ0n) is 25.8. The number of ether oxygens (including phenoxy) is 1. The molecule has 228 valence electrons. The Morgan fingerprint density at radius 2 is 1.84 bits per heavy atom. The van der Waals surface area contributed by atoms with Crippen LogP contribution in [0.3, 0.4) is 0 Å². The molecule has 0 radical (unpaired) electrons. The molecule has 43 heavy (non-hydrogen) atoms. The number of carbonyl (C=O) groups is 2. The molecule has 2 aromatic rings. The van der Waals surface area contributed by atoms with Crippen LogP contribution in [0.2, 0.25) is 0 Å². The van der Waals surface area contributed by atoms with Crippen molar-refractivity contribution in [2.75, 3.05) is 26.2 Å². The summed E-state index contributed by atoms with van der Waals surface area (Å²) >= 11 is 0. The van der Waals surface area contributed by atoms with Crippen LogP contribution >= 0.6 is 0 Å². The van der Waals surface area contributed by atoms with Crippen LogP contribution < -0.4 is 0 Å². The average molecular weight is 584 g/mol. The lowest BCUT2D eigenvalue weighted by molar-refractivity contribution is -0.105. The maximum atomic E-state index is 13.8. The Labute approximate surface area is 255 Å². The van der Waals surface area contributed by atoms with Crippen molar-refractivity contribution in [1.82, 2.24) is 14.7 Å². The summed E-state index contributed by atoms with van der Waals surface area (Å²) in [6.45, 7) is 9.32. The van der Waals surface area contributed by atoms with Gasteiger partial charge in [-0.25, -0.2) is 4.79 Å². The van der Waals surface area contributed by atoms with Crippen LogP contribution in [-0.4, -0.2) is 81.7 Å². The third kappa shape index (κ3) is 3.89. The molecule has 5 fully saturated rings. The zero-order chi connectivity index (χ0) is 29.7. The molecule has 7 heteroatoms. The molecule has 8 rings (SSSR count). The van der Waals surface area contributed by atoms with Crippen LogP contribution in [0.15, 0.2) is 48.5 Å². The molecule has 0 aromatic heterocycles. The quantitative estimate of drug-likeness (QED) is 0.509. The first kappa shape index (κ1) is 27.5. The molecule has 7 atom stereocenters. The van der Waals surface area contributed by atoms with Crippen LogP contribution in [0.5, 0.6) is 5.75 Å². The van der Waals surface area contributed by atoms with E-state index in [0.717, 1.165) is 76.7 Å². The lowest BCUT2D eigenvalue weighted by atomic mass is 9.43. The number of rotatable bonds is 3. The first-order chi connectivity index (χ1) is 20.6. The molecule has 2 aromatic carbocycles. The van der Waals surface area contributed by atoms with Crippen LogP contribution in [0, 0.1) is 17.3 Å². The summed E-state index contributed by atoms with van der Waals surface area (Å²) in [5.74, 6) is 1.43. The molecular weight excluding hydrogens is 538 g/mol. The highest BCUT2D eigenvalue weighted by atomic mass is 16.6. The van der Waals surface area contributed by atoms with Crippen LogP contribution in [0.1, 0.15) is 80.8 Å². The van der Waals surface area contributed by atoms with E-state index in [4.69, 9.17) is 4.74 Å². The van der Waals surface area contributed by atoms with Crippen molar-refractivity contribution >= 4 is 12.0 Å². The molecule has 3 aliphatic heterocycles. The van der Waals surface area contributed by atoms with E-state index in [9.17, 15) is 14.7 Å². The monoisotopic (exact) mass is 583 g/mol. The number of nitrogens with zero attached hydrogens (tertiary/aromatic N) is 3. The fourth-order valence-electron chi connectivity index (χ4n) is 11.1. The van der Waals surface area contributed by atoms with Crippen LogP contribution in [0.25, 0.3) is 0 Å². The van der Waals surface area contributed by atoms with Crippen molar-refractivity contribution in [2.45, 2.75) is 94.9 Å². The summed E-state index contributed by atoms with van der Waals surface area (Å²) in [6, 6.07) is 16.7. The molecule has 4 bridgehead atoms. The SMILES string of the molecule is CC(C)(C)OC(=O)N1CCC[C@H]1CN1CC[C@@]23c4cc(O)ccc4C[C@@H]1[C@]21CC[C@@H]2[C@H]3[C@@H](CN2C(=O)c2ccccc2)C1. The number of piperidine rings is 1. The number of amides is 2. The van der Waals surface area contributed by atoms with Crippen molar-refractivity contribution in [1.29, 1.82) is 0 Å². The van der Waals surface area contributed by atoms with Gasteiger partial charge in [0.05, 0.1) is 0 Å². The lowest BCUT2D eigenvalue weighted by Gasteiger charge is -2.66. The second kappa shape index (κ2) is 9.47. The Kier molecular flexibility index (Phi) is 6.05. The largest absolute Gasteiger partial charge is 0.508 e. The second-order valence-corrected chi connectivity index (χ2v) is 15.3. The van der Waals surface area contributed by atoms with Gasteiger partial charge in [-0.2, -0.15) is 0 Å². The second-order valence-electron chi connectivity index (χ2n) is 15.3. The van der Waals surface area contributed by atoms with E-state index in [1.54, 1.807) is 0 Å². The molecule has 2 amide bonds. The van der Waals surface area contributed by atoms with E-state index in [2.05, 4.69) is 21.9 Å². The number of carbonyl (C=O) groups excluding carboxylic acids is 2. The molecule has 0 unspecified atom stereocenters. The average Bonchev–Trinajstić information content (AvgIpc) is 3.62. The molecule has 2 saturated carbocycles. The first-order valence-electron chi connectivity index (χ1n) is 16.5. The summed E-state index contributed by atoms with van der Waals surface area (Å²) in [7, 11) is 0. The summed E-state index contributed by atoms with van der Waals surface area (Å²) < 4.78 is 5.82. The Morgan fingerprint density at radius 3 is 2.63 bits per heavy atom. The Morgan fingerprint density at radius 1 is 1.02 bits per heavy atom. The van der Waals surface area contributed by atoms with Crippen molar-refractivity contribution < 1.29 is 19.4 Å². The first-order valence-corrected chi connectivity index (χ1v) is 16.5. The molecule has 1 N–H and O–H groups in total. The summed E-state index contributed by atoms with van der Waals surface area (Å²) in [5, 5.41) is 10.8.